The minimum Gasteiger partial charge on any atom is -0.346 e. The van der Waals surface area contributed by atoms with Gasteiger partial charge in [0.25, 0.3) is 0 Å². The molecule has 1 fully saturated rings. The second-order valence-electron chi connectivity index (χ2n) is 7.84. The highest BCUT2D eigenvalue weighted by Crippen LogP contribution is 2.39. The number of aromatic nitrogens is 2. The van der Waals surface area contributed by atoms with Gasteiger partial charge in [0.15, 0.2) is 0 Å². The number of para-hydroxylation sites is 2. The smallest absolute Gasteiger partial charge is 0.220 e. The summed E-state index contributed by atoms with van der Waals surface area (Å²) in [7, 11) is 6.06. The van der Waals surface area contributed by atoms with Crippen molar-refractivity contribution in [3.63, 3.8) is 0 Å². The zero-order chi connectivity index (χ0) is 19.2. The summed E-state index contributed by atoms with van der Waals surface area (Å²) in [5.74, 6) is 2.89. The van der Waals surface area contributed by atoms with Crippen molar-refractivity contribution < 1.29 is 4.79 Å². The lowest BCUT2D eigenvalue weighted by atomic mass is 10.0. The molecule has 4 nitrogen and oxygen atoms in total. The molecule has 148 valence electrons. The Morgan fingerprint density at radius 1 is 1.33 bits per heavy atom. The summed E-state index contributed by atoms with van der Waals surface area (Å²) >= 11 is 0. The number of nitrogens with one attached hydrogen (secondary N) is 1. The highest BCUT2D eigenvalue weighted by atomic mass is 33.1. The molecule has 3 rings (SSSR count). The van der Waals surface area contributed by atoms with E-state index >= 15 is 0 Å². The van der Waals surface area contributed by atoms with E-state index in [1.54, 1.807) is 0 Å². The van der Waals surface area contributed by atoms with Crippen molar-refractivity contribution >= 4 is 38.5 Å². The molecule has 2 aromatic rings. The van der Waals surface area contributed by atoms with E-state index in [4.69, 9.17) is 4.98 Å². The van der Waals surface area contributed by atoms with Crippen LogP contribution in [0.5, 0.6) is 0 Å². The highest BCUT2D eigenvalue weighted by Gasteiger charge is 2.22. The molecule has 0 saturated carbocycles. The van der Waals surface area contributed by atoms with Gasteiger partial charge in [-0.2, -0.15) is 0 Å². The zero-order valence-electron chi connectivity index (χ0n) is 16.6. The van der Waals surface area contributed by atoms with Crippen molar-refractivity contribution in [3.8, 4) is 0 Å². The van der Waals surface area contributed by atoms with Crippen LogP contribution in [0.1, 0.15) is 64.2 Å². The molecule has 0 unspecified atom stereocenters. The van der Waals surface area contributed by atoms with Crippen molar-refractivity contribution in [2.75, 3.05) is 5.75 Å². The van der Waals surface area contributed by atoms with Gasteiger partial charge in [0.1, 0.15) is 5.82 Å². The summed E-state index contributed by atoms with van der Waals surface area (Å²) in [6, 6.07) is 8.13. The lowest BCUT2D eigenvalue weighted by molar-refractivity contribution is -0.122. The first kappa shape index (κ1) is 20.6. The molecule has 27 heavy (non-hydrogen) atoms. The molecular weight excluding hydrogens is 374 g/mol. The van der Waals surface area contributed by atoms with Gasteiger partial charge in [0.2, 0.25) is 5.91 Å². The lowest BCUT2D eigenvalue weighted by Crippen LogP contribution is -2.31. The maximum absolute atomic E-state index is 12.6. The van der Waals surface area contributed by atoms with Crippen LogP contribution in [0.4, 0.5) is 0 Å². The average Bonchev–Trinajstić information content (AvgIpc) is 3.26. The second-order valence-corrected chi connectivity index (χ2v) is 10.6. The summed E-state index contributed by atoms with van der Waals surface area (Å²) in [6.07, 6.45) is 6.20. The van der Waals surface area contributed by atoms with Crippen molar-refractivity contribution in [1.29, 1.82) is 0 Å². The van der Waals surface area contributed by atoms with E-state index in [9.17, 15) is 4.79 Å². The number of carbonyl (C=O) groups excluding carboxylic acids is 1. The number of unbranched alkanes of at least 4 members (excludes halogenated alkanes) is 1. The van der Waals surface area contributed by atoms with Crippen LogP contribution in [0.3, 0.4) is 0 Å². The van der Waals surface area contributed by atoms with Crippen LogP contribution in [-0.4, -0.2) is 26.5 Å². The van der Waals surface area contributed by atoms with Gasteiger partial charge < -0.3 is 9.88 Å². The third-order valence-corrected chi connectivity index (χ3v) is 8.09. The van der Waals surface area contributed by atoms with Gasteiger partial charge in [-0.15, -0.1) is 0 Å². The lowest BCUT2D eigenvalue weighted by Gasteiger charge is -2.20. The molecular formula is C21H31N3OS2. The van der Waals surface area contributed by atoms with Gasteiger partial charge in [0, 0.05) is 24.5 Å². The van der Waals surface area contributed by atoms with Crippen LogP contribution in [0.15, 0.2) is 24.3 Å². The Kier molecular flexibility index (Phi) is 7.53. The van der Waals surface area contributed by atoms with Crippen molar-refractivity contribution in [2.45, 2.75) is 63.7 Å². The number of carbonyl (C=O) groups is 1. The summed E-state index contributed by atoms with van der Waals surface area (Å²) in [5, 5.41) is 4.06. The summed E-state index contributed by atoms with van der Waals surface area (Å²) < 4.78 is 2.12. The van der Waals surface area contributed by atoms with Gasteiger partial charge >= 0.3 is 0 Å². The first-order chi connectivity index (χ1) is 13.0. The molecule has 1 aliphatic heterocycles. The van der Waals surface area contributed by atoms with Crippen LogP contribution >= 0.6 is 21.6 Å². The largest absolute Gasteiger partial charge is 0.346 e. The zero-order valence-corrected chi connectivity index (χ0v) is 18.2. The topological polar surface area (TPSA) is 46.9 Å². The monoisotopic (exact) mass is 405 g/mol. The van der Waals surface area contributed by atoms with Crippen LogP contribution in [0, 0.1) is 5.92 Å². The van der Waals surface area contributed by atoms with Gasteiger partial charge in [-0.25, -0.2) is 4.98 Å². The molecule has 2 heterocycles. The Labute approximate surface area is 170 Å². The van der Waals surface area contributed by atoms with Crippen LogP contribution in [0.2, 0.25) is 0 Å². The molecule has 0 radical (unpaired) electrons. The molecule has 2 atom stereocenters. The summed E-state index contributed by atoms with van der Waals surface area (Å²) in [5.41, 5.74) is 2.10. The Balaban J connectivity index is 1.58. The van der Waals surface area contributed by atoms with E-state index in [0.717, 1.165) is 41.4 Å². The molecule has 1 aromatic carbocycles. The standard InChI is InChI=1S/C21H31N3OS2/c1-15(2)14-18(21-23-17-9-5-6-10-19(17)24(21)3)22-20(25)11-7-4-8-16-12-13-26-27-16/h5-6,9-10,15-16,18H,4,7-8,11-14H2,1-3H3,(H,22,25)/t16-,18+/m1/s1. The third kappa shape index (κ3) is 5.67. The SMILES string of the molecule is CC(C)C[C@H](NC(=O)CCCC[C@@H]1CCSS1)c1nc2ccccc2n1C. The fraction of sp³-hybridized carbons (Fsp3) is 0.619. The molecule has 1 aliphatic rings. The van der Waals surface area contributed by atoms with E-state index in [2.05, 4.69) is 29.8 Å². The maximum Gasteiger partial charge on any atom is 0.220 e. The highest BCUT2D eigenvalue weighted by molar-refractivity contribution is 8.77. The number of hydrogen-bond acceptors (Lipinski definition) is 4. The number of nitrogens with zero attached hydrogens (tertiary/aromatic N) is 2. The summed E-state index contributed by atoms with van der Waals surface area (Å²) in [4.78, 5) is 17.4. The molecule has 1 N–H and O–H groups in total. The van der Waals surface area contributed by atoms with Gasteiger partial charge in [0.05, 0.1) is 17.1 Å². The number of amides is 1. The number of imidazole rings is 1. The minimum absolute atomic E-state index is 0.0308. The fourth-order valence-electron chi connectivity index (χ4n) is 3.66. The third-order valence-electron chi connectivity index (χ3n) is 5.08. The van der Waals surface area contributed by atoms with Crippen LogP contribution in [0.25, 0.3) is 11.0 Å². The van der Waals surface area contributed by atoms with E-state index < -0.39 is 0 Å². The predicted molar refractivity (Wildman–Crippen MR) is 118 cm³/mol. The van der Waals surface area contributed by atoms with Gasteiger partial charge in [-0.3, -0.25) is 4.79 Å². The first-order valence-electron chi connectivity index (χ1n) is 10.0. The Morgan fingerprint density at radius 2 is 2.15 bits per heavy atom. The molecule has 0 spiro atoms. The molecule has 1 aromatic heterocycles. The van der Waals surface area contributed by atoms with Crippen LogP contribution in [-0.2, 0) is 11.8 Å². The van der Waals surface area contributed by atoms with Crippen LogP contribution < -0.4 is 5.32 Å². The predicted octanol–water partition coefficient (Wildman–Crippen LogP) is 5.49. The number of aryl methyl sites for hydroxylation is 1. The fourth-order valence-corrected chi connectivity index (χ4v) is 6.69. The van der Waals surface area contributed by atoms with Crippen molar-refractivity contribution in [2.24, 2.45) is 13.0 Å². The molecule has 1 amide bonds. The minimum atomic E-state index is -0.0308. The number of benzene rings is 1. The number of rotatable bonds is 9. The normalized spacial score (nSPS) is 18.3. The molecule has 0 bridgehead atoms. The molecule has 6 heteroatoms. The van der Waals surface area contributed by atoms with E-state index in [-0.39, 0.29) is 11.9 Å². The maximum atomic E-state index is 12.6. The molecule has 0 aliphatic carbocycles. The van der Waals surface area contributed by atoms with Crippen molar-refractivity contribution in [3.05, 3.63) is 30.1 Å². The second kappa shape index (κ2) is 9.87. The van der Waals surface area contributed by atoms with Gasteiger partial charge in [-0.1, -0.05) is 54.0 Å². The van der Waals surface area contributed by atoms with E-state index in [1.165, 1.54) is 18.6 Å². The van der Waals surface area contributed by atoms with E-state index in [0.29, 0.717) is 12.3 Å². The number of fused-ring (bicyclic) bond motifs is 1. The van der Waals surface area contributed by atoms with E-state index in [1.807, 2.05) is 46.8 Å². The summed E-state index contributed by atoms with van der Waals surface area (Å²) in [6.45, 7) is 4.39. The first-order valence-corrected chi connectivity index (χ1v) is 12.4. The number of hydrogen-bond donors (Lipinski definition) is 1. The van der Waals surface area contributed by atoms with Gasteiger partial charge in [-0.05, 0) is 43.7 Å². The quantitative estimate of drug-likeness (QED) is 0.442. The Morgan fingerprint density at radius 3 is 2.85 bits per heavy atom. The Hall–Kier alpha value is -1.14. The average molecular weight is 406 g/mol. The molecule has 1 saturated heterocycles. The Bertz CT molecular complexity index is 753. The van der Waals surface area contributed by atoms with Crippen molar-refractivity contribution in [1.82, 2.24) is 14.9 Å².